The first kappa shape index (κ1) is 36.0. The van der Waals surface area contributed by atoms with E-state index in [-0.39, 0.29) is 18.1 Å². The summed E-state index contributed by atoms with van der Waals surface area (Å²) in [5.74, 6) is 0.0832. The van der Waals surface area contributed by atoms with Crippen LogP contribution in [0.15, 0.2) is 185 Å². The van der Waals surface area contributed by atoms with Crippen molar-refractivity contribution in [3.05, 3.63) is 204 Å². The zero-order valence-electron chi connectivity index (χ0n) is 35.5. The van der Waals surface area contributed by atoms with Gasteiger partial charge >= 0.3 is 0 Å². The molecule has 0 fully saturated rings. The van der Waals surface area contributed by atoms with Crippen LogP contribution in [0.25, 0.3) is 98.8 Å². The van der Waals surface area contributed by atoms with Crippen LogP contribution < -0.4 is 5.32 Å². The summed E-state index contributed by atoms with van der Waals surface area (Å²) in [7, 11) is 0. The van der Waals surface area contributed by atoms with E-state index in [9.17, 15) is 0 Å². The van der Waals surface area contributed by atoms with Gasteiger partial charge < -0.3 is 8.82 Å². The number of nitrogens with zero attached hydrogens (tertiary/aromatic N) is 2. The third-order valence-corrected chi connectivity index (χ3v) is 14.7. The van der Waals surface area contributed by atoms with Crippen molar-refractivity contribution >= 4 is 93.4 Å². The van der Waals surface area contributed by atoms with Crippen LogP contribution in [-0.4, -0.2) is 10.1 Å². The lowest BCUT2D eigenvalue weighted by Gasteiger charge is -2.38. The van der Waals surface area contributed by atoms with Crippen molar-refractivity contribution in [1.29, 1.82) is 0 Å². The second kappa shape index (κ2) is 13.7. The van der Waals surface area contributed by atoms with E-state index in [0.717, 1.165) is 52.5 Å². The summed E-state index contributed by atoms with van der Waals surface area (Å²) < 4.78 is 9.00. The fourth-order valence-electron chi connectivity index (χ4n) is 12.0. The van der Waals surface area contributed by atoms with Crippen molar-refractivity contribution in [3.63, 3.8) is 0 Å². The molecule has 0 saturated carbocycles. The Balaban J connectivity index is 1.12. The predicted molar refractivity (Wildman–Crippen MR) is 268 cm³/mol. The number of hydrogen-bond acceptors (Lipinski definition) is 3. The third-order valence-electron chi connectivity index (χ3n) is 14.7. The number of benzene rings is 9. The molecule has 3 unspecified atom stereocenters. The molecule has 4 heteroatoms. The summed E-state index contributed by atoms with van der Waals surface area (Å²) >= 11 is 0. The first-order chi connectivity index (χ1) is 31.7. The lowest BCUT2D eigenvalue weighted by atomic mass is 9.78. The zero-order valence-corrected chi connectivity index (χ0v) is 35.5. The molecule has 0 bridgehead atoms. The normalized spacial score (nSPS) is 17.8. The molecular formula is C60H43N3O. The highest BCUT2D eigenvalue weighted by Crippen LogP contribution is 2.48. The number of aryl methyl sites for hydroxylation is 1. The summed E-state index contributed by atoms with van der Waals surface area (Å²) in [6.45, 7) is 2.33. The van der Waals surface area contributed by atoms with Gasteiger partial charge in [-0.15, -0.1) is 0 Å². The highest BCUT2D eigenvalue weighted by Gasteiger charge is 2.37. The molecule has 9 aromatic carbocycles. The Hall–Kier alpha value is -7.53. The maximum Gasteiger partial charge on any atom is 0.135 e. The molecule has 14 rings (SSSR count). The molecule has 3 aromatic heterocycles. The second-order valence-corrected chi connectivity index (χ2v) is 17.9. The molecule has 0 amide bonds. The topological polar surface area (TPSA) is 41.9 Å². The van der Waals surface area contributed by atoms with E-state index >= 15 is 0 Å². The predicted octanol–water partition coefficient (Wildman–Crippen LogP) is 15.5. The number of allylic oxidation sites excluding steroid dienone is 1. The molecule has 3 atom stereocenters. The Morgan fingerprint density at radius 3 is 2.17 bits per heavy atom. The molecule has 64 heavy (non-hydrogen) atoms. The molecule has 1 aliphatic carbocycles. The minimum Gasteiger partial charge on any atom is -0.456 e. The summed E-state index contributed by atoms with van der Waals surface area (Å²) in [4.78, 5) is 6.00. The first-order valence-corrected chi connectivity index (χ1v) is 22.9. The fourth-order valence-corrected chi connectivity index (χ4v) is 12.0. The van der Waals surface area contributed by atoms with Crippen LogP contribution in [0.4, 0.5) is 0 Å². The molecular weight excluding hydrogens is 779 g/mol. The molecule has 1 N–H and O–H groups in total. The van der Waals surface area contributed by atoms with Gasteiger partial charge in [-0.25, -0.2) is 0 Å². The summed E-state index contributed by atoms with van der Waals surface area (Å²) in [6.07, 6.45) is 7.35. The van der Waals surface area contributed by atoms with Crippen molar-refractivity contribution in [2.75, 3.05) is 0 Å². The average molecular weight is 822 g/mol. The van der Waals surface area contributed by atoms with E-state index in [2.05, 4.69) is 199 Å². The SMILES string of the molecule is CCC1C(c2cc3c(cc2-c2cccc4c2c2cccc5c6ccccc6n4c52)c2c(c4ccccc43)C=CCC2)=NC(c2cccc3oc4ccccc4c23)NC1c1ccccc1. The first-order valence-electron chi connectivity index (χ1n) is 22.9. The van der Waals surface area contributed by atoms with Gasteiger partial charge in [0, 0.05) is 55.4 Å². The largest absolute Gasteiger partial charge is 0.456 e. The van der Waals surface area contributed by atoms with Crippen molar-refractivity contribution in [3.8, 4) is 11.1 Å². The summed E-state index contributed by atoms with van der Waals surface area (Å²) in [5, 5.41) is 16.8. The van der Waals surface area contributed by atoms with Crippen molar-refractivity contribution in [1.82, 2.24) is 9.72 Å². The molecule has 12 aromatic rings. The number of nitrogens with one attached hydrogen (secondary N) is 1. The molecule has 0 radical (unpaired) electrons. The van der Waals surface area contributed by atoms with Gasteiger partial charge in [0.1, 0.15) is 17.3 Å². The fraction of sp³-hybridized carbons (Fsp3) is 0.117. The van der Waals surface area contributed by atoms with E-state index in [0.29, 0.717) is 0 Å². The van der Waals surface area contributed by atoms with E-state index in [1.54, 1.807) is 0 Å². The Labute approximate surface area is 370 Å². The maximum absolute atomic E-state index is 6.49. The number of para-hydroxylation sites is 3. The van der Waals surface area contributed by atoms with E-state index in [4.69, 9.17) is 9.41 Å². The van der Waals surface area contributed by atoms with Crippen molar-refractivity contribution < 1.29 is 4.42 Å². The minimum atomic E-state index is -0.330. The molecule has 304 valence electrons. The molecule has 4 nitrogen and oxygen atoms in total. The molecule has 2 aliphatic rings. The van der Waals surface area contributed by atoms with Crippen LogP contribution in [0.5, 0.6) is 0 Å². The number of furan rings is 1. The van der Waals surface area contributed by atoms with Gasteiger partial charge in [-0.2, -0.15) is 0 Å². The van der Waals surface area contributed by atoms with Gasteiger partial charge in [0.05, 0.1) is 22.3 Å². The monoisotopic (exact) mass is 821 g/mol. The van der Waals surface area contributed by atoms with E-state index in [1.807, 2.05) is 0 Å². The lowest BCUT2D eigenvalue weighted by Crippen LogP contribution is -2.40. The molecule has 0 spiro atoms. The maximum atomic E-state index is 6.49. The van der Waals surface area contributed by atoms with Crippen LogP contribution in [-0.2, 0) is 6.42 Å². The van der Waals surface area contributed by atoms with Gasteiger partial charge in [-0.1, -0.05) is 153 Å². The standard InChI is InChI=1S/C60H43N3O/c1-2-36-57(35-17-4-3-5-18-35)61-60(46-28-16-32-54-56(46)44-24-11-13-31-53(44)64-54)62-58(36)50-34-48-40-22-9-7-20-38(40)37-19-6-8-21-39(37)47(48)33-49(50)42-25-15-30-52-55(42)45-27-14-26-43-41-23-10-12-29-51(41)63(52)59(43)45/h3-7,9-20,22-34,36,57,60-61H,2,8,21H2,1H3. The summed E-state index contributed by atoms with van der Waals surface area (Å²) in [6, 6.07) is 62.7. The van der Waals surface area contributed by atoms with Crippen LogP contribution in [0, 0.1) is 5.92 Å². The van der Waals surface area contributed by atoms with E-state index in [1.165, 1.54) is 93.0 Å². The van der Waals surface area contributed by atoms with Crippen LogP contribution >= 0.6 is 0 Å². The molecule has 0 saturated heterocycles. The van der Waals surface area contributed by atoms with Gasteiger partial charge in [0.2, 0.25) is 0 Å². The molecule has 4 heterocycles. The Morgan fingerprint density at radius 1 is 0.578 bits per heavy atom. The smallest absolute Gasteiger partial charge is 0.135 e. The van der Waals surface area contributed by atoms with Crippen LogP contribution in [0.3, 0.4) is 0 Å². The van der Waals surface area contributed by atoms with Crippen LogP contribution in [0.2, 0.25) is 0 Å². The number of hydrogen-bond donors (Lipinski definition) is 1. The second-order valence-electron chi connectivity index (χ2n) is 17.9. The Kier molecular flexibility index (Phi) is 7.73. The molecule has 1 aliphatic heterocycles. The quantitative estimate of drug-likeness (QED) is 0.176. The van der Waals surface area contributed by atoms with Crippen molar-refractivity contribution in [2.24, 2.45) is 10.9 Å². The number of rotatable bonds is 5. The van der Waals surface area contributed by atoms with Gasteiger partial charge in [-0.05, 0) is 105 Å². The van der Waals surface area contributed by atoms with E-state index < -0.39 is 0 Å². The average Bonchev–Trinajstić information content (AvgIpc) is 4.04. The number of fused-ring (bicyclic) bond motifs is 15. The summed E-state index contributed by atoms with van der Waals surface area (Å²) in [5.41, 5.74) is 15.6. The van der Waals surface area contributed by atoms with Gasteiger partial charge in [-0.3, -0.25) is 10.3 Å². The number of aromatic nitrogens is 1. The highest BCUT2D eigenvalue weighted by atomic mass is 16.3. The lowest BCUT2D eigenvalue weighted by molar-refractivity contribution is 0.359. The van der Waals surface area contributed by atoms with Crippen molar-refractivity contribution in [2.45, 2.75) is 38.4 Å². The minimum absolute atomic E-state index is 0.00782. The van der Waals surface area contributed by atoms with Gasteiger partial charge in [0.15, 0.2) is 0 Å². The van der Waals surface area contributed by atoms with Gasteiger partial charge in [0.25, 0.3) is 0 Å². The highest BCUT2D eigenvalue weighted by molar-refractivity contribution is 6.27. The third kappa shape index (κ3) is 5.00. The Morgan fingerprint density at radius 2 is 1.28 bits per heavy atom. The Bertz CT molecular complexity index is 3940. The van der Waals surface area contributed by atoms with Crippen LogP contribution in [0.1, 0.15) is 59.8 Å². The zero-order chi connectivity index (χ0) is 42.0. The number of aliphatic imine (C=N–C) groups is 1.